The molecule has 12 heavy (non-hydrogen) atoms. The van der Waals surface area contributed by atoms with E-state index in [1.165, 1.54) is 12.8 Å². The second-order valence-corrected chi connectivity index (χ2v) is 2.98. The first-order valence-corrected chi connectivity index (χ1v) is 4.72. The summed E-state index contributed by atoms with van der Waals surface area (Å²) in [7, 11) is 1.68. The van der Waals surface area contributed by atoms with Crippen molar-refractivity contribution in [1.82, 2.24) is 5.32 Å². The van der Waals surface area contributed by atoms with Crippen molar-refractivity contribution in [1.29, 1.82) is 0 Å². The van der Waals surface area contributed by atoms with Crippen molar-refractivity contribution in [3.05, 3.63) is 0 Å². The van der Waals surface area contributed by atoms with Gasteiger partial charge in [0.2, 0.25) is 5.91 Å². The van der Waals surface area contributed by atoms with E-state index < -0.39 is 0 Å². The van der Waals surface area contributed by atoms with Crippen LogP contribution in [0.1, 0.15) is 38.5 Å². The van der Waals surface area contributed by atoms with Crippen molar-refractivity contribution < 1.29 is 4.79 Å². The number of amides is 1. The second kappa shape index (κ2) is 8.53. The lowest BCUT2D eigenvalue weighted by atomic mass is 10.1. The summed E-state index contributed by atoms with van der Waals surface area (Å²) in [5.41, 5.74) is 5.35. The van der Waals surface area contributed by atoms with Gasteiger partial charge >= 0.3 is 0 Å². The van der Waals surface area contributed by atoms with Crippen LogP contribution < -0.4 is 11.1 Å². The molecule has 0 bridgehead atoms. The molecule has 0 radical (unpaired) electrons. The minimum absolute atomic E-state index is 0.147. The maximum absolute atomic E-state index is 10.8. The summed E-state index contributed by atoms with van der Waals surface area (Å²) in [4.78, 5) is 10.8. The summed E-state index contributed by atoms with van der Waals surface area (Å²) in [5, 5.41) is 2.61. The molecule has 0 aliphatic heterocycles. The van der Waals surface area contributed by atoms with Crippen LogP contribution in [-0.2, 0) is 4.79 Å². The van der Waals surface area contributed by atoms with Crippen LogP contribution in [0.4, 0.5) is 0 Å². The number of nitrogens with one attached hydrogen (secondary N) is 1. The van der Waals surface area contributed by atoms with Gasteiger partial charge in [-0.25, -0.2) is 0 Å². The van der Waals surface area contributed by atoms with Crippen LogP contribution in [0.5, 0.6) is 0 Å². The molecule has 3 heteroatoms. The molecule has 0 rings (SSSR count). The van der Waals surface area contributed by atoms with E-state index in [9.17, 15) is 4.79 Å². The summed E-state index contributed by atoms with van der Waals surface area (Å²) < 4.78 is 0. The molecule has 0 aromatic heterocycles. The van der Waals surface area contributed by atoms with Crippen molar-refractivity contribution >= 4 is 5.91 Å². The summed E-state index contributed by atoms with van der Waals surface area (Å²) in [6.07, 6.45) is 6.33. The highest BCUT2D eigenvalue weighted by Crippen LogP contribution is 2.04. The van der Waals surface area contributed by atoms with Crippen LogP contribution in [-0.4, -0.2) is 19.5 Å². The zero-order valence-electron chi connectivity index (χ0n) is 7.94. The molecular weight excluding hydrogens is 152 g/mol. The van der Waals surface area contributed by atoms with Gasteiger partial charge in [0, 0.05) is 13.5 Å². The lowest BCUT2D eigenvalue weighted by Gasteiger charge is -1.99. The van der Waals surface area contributed by atoms with Gasteiger partial charge in [0.05, 0.1) is 0 Å². The number of hydrogen-bond donors (Lipinski definition) is 2. The number of carbonyl (C=O) groups excluding carboxylic acids is 1. The van der Waals surface area contributed by atoms with E-state index >= 15 is 0 Å². The number of carbonyl (C=O) groups is 1. The van der Waals surface area contributed by atoms with Crippen molar-refractivity contribution in [3.63, 3.8) is 0 Å². The number of hydrogen-bond acceptors (Lipinski definition) is 2. The monoisotopic (exact) mass is 172 g/mol. The van der Waals surface area contributed by atoms with Gasteiger partial charge in [0.1, 0.15) is 0 Å². The first kappa shape index (κ1) is 11.4. The molecular formula is C9H20N2O. The average molecular weight is 172 g/mol. The van der Waals surface area contributed by atoms with Crippen molar-refractivity contribution in [3.8, 4) is 0 Å². The van der Waals surface area contributed by atoms with Gasteiger partial charge in [-0.15, -0.1) is 0 Å². The molecule has 0 atom stereocenters. The van der Waals surface area contributed by atoms with Crippen molar-refractivity contribution in [2.75, 3.05) is 13.6 Å². The zero-order valence-corrected chi connectivity index (χ0v) is 7.94. The Morgan fingerprint density at radius 2 is 1.75 bits per heavy atom. The predicted molar refractivity (Wildman–Crippen MR) is 50.8 cm³/mol. The van der Waals surface area contributed by atoms with Crippen LogP contribution in [0.15, 0.2) is 0 Å². The zero-order chi connectivity index (χ0) is 9.23. The molecule has 0 spiro atoms. The molecule has 0 saturated heterocycles. The summed E-state index contributed by atoms with van der Waals surface area (Å²) in [6, 6.07) is 0. The maximum Gasteiger partial charge on any atom is 0.219 e. The van der Waals surface area contributed by atoms with Crippen LogP contribution in [0, 0.1) is 0 Å². The molecule has 0 heterocycles. The van der Waals surface area contributed by atoms with E-state index in [1.807, 2.05) is 0 Å². The Balaban J connectivity index is 2.95. The Morgan fingerprint density at radius 1 is 1.17 bits per heavy atom. The predicted octanol–water partition coefficient (Wildman–Crippen LogP) is 1.03. The van der Waals surface area contributed by atoms with E-state index in [-0.39, 0.29) is 5.91 Å². The fourth-order valence-electron chi connectivity index (χ4n) is 1.09. The van der Waals surface area contributed by atoms with E-state index in [0.29, 0.717) is 6.42 Å². The highest BCUT2D eigenvalue weighted by atomic mass is 16.1. The SMILES string of the molecule is CNC(=O)CCCCCCCN. The van der Waals surface area contributed by atoms with E-state index in [2.05, 4.69) is 5.32 Å². The summed E-state index contributed by atoms with van der Waals surface area (Å²) in [5.74, 6) is 0.147. The molecule has 0 aromatic rings. The lowest BCUT2D eigenvalue weighted by Crippen LogP contribution is -2.16. The van der Waals surface area contributed by atoms with Crippen LogP contribution in [0.25, 0.3) is 0 Å². The van der Waals surface area contributed by atoms with Gasteiger partial charge in [-0.2, -0.15) is 0 Å². The Morgan fingerprint density at radius 3 is 2.33 bits per heavy atom. The van der Waals surface area contributed by atoms with Crippen molar-refractivity contribution in [2.45, 2.75) is 38.5 Å². The fraction of sp³-hybridized carbons (Fsp3) is 0.889. The number of unbranched alkanes of at least 4 members (excludes halogenated alkanes) is 4. The topological polar surface area (TPSA) is 55.1 Å². The Bertz CT molecular complexity index is 115. The minimum Gasteiger partial charge on any atom is -0.359 e. The minimum atomic E-state index is 0.147. The van der Waals surface area contributed by atoms with Crippen LogP contribution in [0.2, 0.25) is 0 Å². The first-order chi connectivity index (χ1) is 5.81. The third-order valence-corrected chi connectivity index (χ3v) is 1.89. The van der Waals surface area contributed by atoms with Crippen LogP contribution in [0.3, 0.4) is 0 Å². The molecule has 0 aliphatic carbocycles. The second-order valence-electron chi connectivity index (χ2n) is 2.98. The average Bonchev–Trinajstić information content (AvgIpc) is 2.10. The molecule has 3 nitrogen and oxygen atoms in total. The van der Waals surface area contributed by atoms with Crippen molar-refractivity contribution in [2.24, 2.45) is 5.73 Å². The lowest BCUT2D eigenvalue weighted by molar-refractivity contribution is -0.120. The number of nitrogens with two attached hydrogens (primary N) is 1. The Labute approximate surface area is 74.7 Å². The third-order valence-electron chi connectivity index (χ3n) is 1.89. The van der Waals surface area contributed by atoms with Gasteiger partial charge in [-0.3, -0.25) is 4.79 Å². The summed E-state index contributed by atoms with van der Waals surface area (Å²) >= 11 is 0. The highest BCUT2D eigenvalue weighted by Gasteiger charge is 1.96. The Kier molecular flexibility index (Phi) is 8.12. The molecule has 0 aliphatic rings. The normalized spacial score (nSPS) is 9.83. The third kappa shape index (κ3) is 7.54. The quantitative estimate of drug-likeness (QED) is 0.564. The highest BCUT2D eigenvalue weighted by molar-refractivity contribution is 5.75. The van der Waals surface area contributed by atoms with E-state index in [1.54, 1.807) is 7.05 Å². The van der Waals surface area contributed by atoms with Gasteiger partial charge in [0.15, 0.2) is 0 Å². The molecule has 3 N–H and O–H groups in total. The van der Waals surface area contributed by atoms with Gasteiger partial charge in [-0.1, -0.05) is 19.3 Å². The molecule has 0 saturated carbocycles. The molecule has 1 amide bonds. The standard InChI is InChI=1S/C9H20N2O/c1-11-9(12)7-5-3-2-4-6-8-10/h2-8,10H2,1H3,(H,11,12). The largest absolute Gasteiger partial charge is 0.359 e. The van der Waals surface area contributed by atoms with Crippen LogP contribution >= 0.6 is 0 Å². The Hall–Kier alpha value is -0.570. The summed E-state index contributed by atoms with van der Waals surface area (Å²) in [6.45, 7) is 0.787. The smallest absolute Gasteiger partial charge is 0.219 e. The van der Waals surface area contributed by atoms with E-state index in [0.717, 1.165) is 25.8 Å². The molecule has 0 aromatic carbocycles. The fourth-order valence-corrected chi connectivity index (χ4v) is 1.09. The van der Waals surface area contributed by atoms with Gasteiger partial charge < -0.3 is 11.1 Å². The first-order valence-electron chi connectivity index (χ1n) is 4.72. The van der Waals surface area contributed by atoms with Gasteiger partial charge in [-0.05, 0) is 19.4 Å². The van der Waals surface area contributed by atoms with Gasteiger partial charge in [0.25, 0.3) is 0 Å². The molecule has 0 unspecified atom stereocenters. The molecule has 72 valence electrons. The maximum atomic E-state index is 10.8. The molecule has 0 fully saturated rings. The van der Waals surface area contributed by atoms with E-state index in [4.69, 9.17) is 5.73 Å². The number of rotatable bonds is 7.